The standard InChI is InChI=1S/C27H30N2O2/c1-21-13-14-22(2)25(19-21)27(23-9-5-3-6-10-23)29-17-15-28(16-18-29)26(30)20-31-24-11-7-4-8-12-24/h3-14,19,27H,15-18,20H2,1-2H3/t27-/m0/s1. The molecule has 1 aliphatic rings. The summed E-state index contributed by atoms with van der Waals surface area (Å²) in [5.74, 6) is 0.778. The van der Waals surface area contributed by atoms with Crippen molar-refractivity contribution in [3.05, 3.63) is 101 Å². The molecule has 0 unspecified atom stereocenters. The highest BCUT2D eigenvalue weighted by Gasteiger charge is 2.29. The van der Waals surface area contributed by atoms with E-state index in [0.717, 1.165) is 18.8 Å². The van der Waals surface area contributed by atoms with Crippen molar-refractivity contribution in [2.24, 2.45) is 0 Å². The summed E-state index contributed by atoms with van der Waals surface area (Å²) in [6.07, 6.45) is 0. The van der Waals surface area contributed by atoms with Gasteiger partial charge in [0.2, 0.25) is 0 Å². The second kappa shape index (κ2) is 9.80. The van der Waals surface area contributed by atoms with Crippen molar-refractivity contribution in [3.8, 4) is 5.75 Å². The summed E-state index contributed by atoms with van der Waals surface area (Å²) in [4.78, 5) is 17.1. The lowest BCUT2D eigenvalue weighted by molar-refractivity contribution is -0.135. The van der Waals surface area contributed by atoms with E-state index in [-0.39, 0.29) is 18.6 Å². The van der Waals surface area contributed by atoms with E-state index < -0.39 is 0 Å². The largest absolute Gasteiger partial charge is 0.484 e. The Morgan fingerprint density at radius 2 is 1.52 bits per heavy atom. The van der Waals surface area contributed by atoms with Crippen LogP contribution < -0.4 is 4.74 Å². The van der Waals surface area contributed by atoms with Crippen LogP contribution in [0, 0.1) is 13.8 Å². The van der Waals surface area contributed by atoms with Gasteiger partial charge in [-0.2, -0.15) is 0 Å². The van der Waals surface area contributed by atoms with Crippen molar-refractivity contribution >= 4 is 5.91 Å². The van der Waals surface area contributed by atoms with E-state index in [4.69, 9.17) is 4.74 Å². The summed E-state index contributed by atoms with van der Waals surface area (Å²) < 4.78 is 5.66. The number of benzene rings is 3. The predicted octanol–water partition coefficient (Wildman–Crippen LogP) is 4.62. The van der Waals surface area contributed by atoms with Crippen LogP contribution in [0.4, 0.5) is 0 Å². The number of para-hydroxylation sites is 1. The quantitative estimate of drug-likeness (QED) is 0.590. The fourth-order valence-electron chi connectivity index (χ4n) is 4.26. The van der Waals surface area contributed by atoms with Gasteiger partial charge < -0.3 is 9.64 Å². The minimum absolute atomic E-state index is 0.0477. The Bertz CT molecular complexity index is 996. The van der Waals surface area contributed by atoms with Gasteiger partial charge >= 0.3 is 0 Å². The number of hydrogen-bond donors (Lipinski definition) is 0. The topological polar surface area (TPSA) is 32.8 Å². The number of amides is 1. The van der Waals surface area contributed by atoms with E-state index >= 15 is 0 Å². The highest BCUT2D eigenvalue weighted by atomic mass is 16.5. The van der Waals surface area contributed by atoms with Gasteiger partial charge in [-0.25, -0.2) is 0 Å². The molecule has 1 atom stereocenters. The summed E-state index contributed by atoms with van der Waals surface area (Å²) >= 11 is 0. The molecule has 3 aromatic rings. The Labute approximate surface area is 185 Å². The molecule has 1 amide bonds. The van der Waals surface area contributed by atoms with Crippen LogP contribution >= 0.6 is 0 Å². The first-order valence-electron chi connectivity index (χ1n) is 10.9. The number of hydrogen-bond acceptors (Lipinski definition) is 3. The zero-order valence-corrected chi connectivity index (χ0v) is 18.3. The predicted molar refractivity (Wildman–Crippen MR) is 124 cm³/mol. The van der Waals surface area contributed by atoms with Crippen molar-refractivity contribution in [1.82, 2.24) is 9.80 Å². The molecule has 4 nitrogen and oxygen atoms in total. The number of aryl methyl sites for hydroxylation is 2. The second-order valence-corrected chi connectivity index (χ2v) is 8.19. The zero-order valence-electron chi connectivity index (χ0n) is 18.3. The van der Waals surface area contributed by atoms with Crippen LogP contribution in [0.2, 0.25) is 0 Å². The number of rotatable bonds is 6. The van der Waals surface area contributed by atoms with Gasteiger partial charge in [0, 0.05) is 26.2 Å². The van der Waals surface area contributed by atoms with E-state index in [2.05, 4.69) is 67.3 Å². The first-order chi connectivity index (χ1) is 15.1. The molecule has 1 saturated heterocycles. The second-order valence-electron chi connectivity index (χ2n) is 8.19. The van der Waals surface area contributed by atoms with Crippen LogP contribution in [0.25, 0.3) is 0 Å². The molecule has 4 rings (SSSR count). The molecule has 1 heterocycles. The number of nitrogens with zero attached hydrogens (tertiary/aromatic N) is 2. The first kappa shape index (κ1) is 21.1. The fourth-order valence-corrected chi connectivity index (χ4v) is 4.26. The smallest absolute Gasteiger partial charge is 0.260 e. The van der Waals surface area contributed by atoms with Crippen molar-refractivity contribution in [3.63, 3.8) is 0 Å². The molecule has 4 heteroatoms. The Kier molecular flexibility index (Phi) is 6.68. The van der Waals surface area contributed by atoms with E-state index in [1.54, 1.807) is 0 Å². The van der Waals surface area contributed by atoms with Gasteiger partial charge in [0.25, 0.3) is 5.91 Å². The normalized spacial score (nSPS) is 15.5. The molecule has 0 aromatic heterocycles. The maximum atomic E-state index is 12.7. The van der Waals surface area contributed by atoms with Crippen molar-refractivity contribution < 1.29 is 9.53 Å². The maximum absolute atomic E-state index is 12.7. The van der Waals surface area contributed by atoms with Crippen molar-refractivity contribution in [1.29, 1.82) is 0 Å². The molecule has 0 aliphatic carbocycles. The van der Waals surface area contributed by atoms with Crippen LogP contribution in [0.5, 0.6) is 5.75 Å². The van der Waals surface area contributed by atoms with Crippen LogP contribution in [-0.2, 0) is 4.79 Å². The molecule has 0 N–H and O–H groups in total. The van der Waals surface area contributed by atoms with Gasteiger partial charge in [-0.1, -0.05) is 72.3 Å². The molecule has 3 aromatic carbocycles. The molecule has 160 valence electrons. The monoisotopic (exact) mass is 414 g/mol. The third kappa shape index (κ3) is 5.15. The number of piperazine rings is 1. The summed E-state index contributed by atoms with van der Waals surface area (Å²) in [5.41, 5.74) is 5.21. The fraction of sp³-hybridized carbons (Fsp3) is 0.296. The molecule has 0 radical (unpaired) electrons. The average molecular weight is 415 g/mol. The van der Waals surface area contributed by atoms with Gasteiger partial charge in [0.1, 0.15) is 5.75 Å². The Morgan fingerprint density at radius 3 is 2.19 bits per heavy atom. The summed E-state index contributed by atoms with van der Waals surface area (Å²) in [5, 5.41) is 0. The summed E-state index contributed by atoms with van der Waals surface area (Å²) in [7, 11) is 0. The zero-order chi connectivity index (χ0) is 21.6. The average Bonchev–Trinajstić information content (AvgIpc) is 2.82. The van der Waals surface area contributed by atoms with Gasteiger partial charge in [-0.3, -0.25) is 9.69 Å². The lowest BCUT2D eigenvalue weighted by Crippen LogP contribution is -2.51. The highest BCUT2D eigenvalue weighted by molar-refractivity contribution is 5.77. The third-order valence-electron chi connectivity index (χ3n) is 5.98. The Morgan fingerprint density at radius 1 is 0.871 bits per heavy atom. The van der Waals surface area contributed by atoms with Crippen LogP contribution in [0.15, 0.2) is 78.9 Å². The van der Waals surface area contributed by atoms with E-state index in [1.807, 2.05) is 35.2 Å². The van der Waals surface area contributed by atoms with Crippen LogP contribution in [-0.4, -0.2) is 48.5 Å². The summed E-state index contributed by atoms with van der Waals surface area (Å²) in [6, 6.07) is 27.1. The van der Waals surface area contributed by atoms with Gasteiger partial charge in [-0.05, 0) is 42.7 Å². The molecule has 0 spiro atoms. The van der Waals surface area contributed by atoms with Crippen LogP contribution in [0.1, 0.15) is 28.3 Å². The minimum atomic E-state index is 0.0477. The molecule has 31 heavy (non-hydrogen) atoms. The van der Waals surface area contributed by atoms with Gasteiger partial charge in [-0.15, -0.1) is 0 Å². The van der Waals surface area contributed by atoms with E-state index in [9.17, 15) is 4.79 Å². The van der Waals surface area contributed by atoms with Gasteiger partial charge in [0.15, 0.2) is 6.61 Å². The molecule has 0 bridgehead atoms. The number of carbonyl (C=O) groups excluding carboxylic acids is 1. The van der Waals surface area contributed by atoms with E-state index in [0.29, 0.717) is 13.1 Å². The molecular weight excluding hydrogens is 384 g/mol. The number of carbonyl (C=O) groups is 1. The first-order valence-corrected chi connectivity index (χ1v) is 10.9. The molecular formula is C27H30N2O2. The lowest BCUT2D eigenvalue weighted by atomic mass is 9.92. The highest BCUT2D eigenvalue weighted by Crippen LogP contribution is 2.32. The molecule has 1 aliphatic heterocycles. The Balaban J connectivity index is 1.45. The number of ether oxygens (including phenoxy) is 1. The van der Waals surface area contributed by atoms with E-state index in [1.165, 1.54) is 22.3 Å². The van der Waals surface area contributed by atoms with Crippen molar-refractivity contribution in [2.45, 2.75) is 19.9 Å². The lowest BCUT2D eigenvalue weighted by Gasteiger charge is -2.40. The summed E-state index contributed by atoms with van der Waals surface area (Å²) in [6.45, 7) is 7.52. The Hall–Kier alpha value is -3.11. The van der Waals surface area contributed by atoms with Gasteiger partial charge in [0.05, 0.1) is 6.04 Å². The molecule has 0 saturated carbocycles. The third-order valence-corrected chi connectivity index (χ3v) is 5.98. The van der Waals surface area contributed by atoms with Crippen molar-refractivity contribution in [2.75, 3.05) is 32.8 Å². The SMILES string of the molecule is Cc1ccc(C)c([C@H](c2ccccc2)N2CCN(C(=O)COc3ccccc3)CC2)c1. The maximum Gasteiger partial charge on any atom is 0.260 e. The van der Waals surface area contributed by atoms with Crippen LogP contribution in [0.3, 0.4) is 0 Å². The minimum Gasteiger partial charge on any atom is -0.484 e. The molecule has 1 fully saturated rings.